The highest BCUT2D eigenvalue weighted by Crippen LogP contribution is 2.22. The Labute approximate surface area is 85.2 Å². The zero-order valence-electron chi connectivity index (χ0n) is 8.63. The lowest BCUT2D eigenvalue weighted by molar-refractivity contribution is -0.149. The second-order valence-electron chi connectivity index (χ2n) is 4.39. The van der Waals surface area contributed by atoms with E-state index in [4.69, 9.17) is 4.74 Å². The molecule has 1 unspecified atom stereocenters. The van der Waals surface area contributed by atoms with E-state index in [2.05, 4.69) is 5.32 Å². The van der Waals surface area contributed by atoms with E-state index in [1.165, 1.54) is 19.3 Å². The SMILES string of the molecule is O=C(CC1CCCN1)OC1CCCC1. The normalized spacial score (nSPS) is 28.1. The predicted octanol–water partition coefficient (Wildman–Crippen LogP) is 1.61. The maximum absolute atomic E-state index is 11.5. The fourth-order valence-corrected chi connectivity index (χ4v) is 2.37. The van der Waals surface area contributed by atoms with E-state index in [0.29, 0.717) is 12.5 Å². The van der Waals surface area contributed by atoms with Crippen LogP contribution >= 0.6 is 0 Å². The van der Waals surface area contributed by atoms with Crippen molar-refractivity contribution in [1.82, 2.24) is 5.32 Å². The molecule has 1 saturated heterocycles. The number of carbonyl (C=O) groups excluding carboxylic acids is 1. The monoisotopic (exact) mass is 197 g/mol. The van der Waals surface area contributed by atoms with Crippen LogP contribution in [0.25, 0.3) is 0 Å². The van der Waals surface area contributed by atoms with Gasteiger partial charge in [0.25, 0.3) is 0 Å². The highest BCUT2D eigenvalue weighted by molar-refractivity contribution is 5.70. The van der Waals surface area contributed by atoms with Gasteiger partial charge in [0, 0.05) is 6.04 Å². The van der Waals surface area contributed by atoms with Crippen molar-refractivity contribution >= 4 is 5.97 Å². The van der Waals surface area contributed by atoms with Crippen molar-refractivity contribution in [3.05, 3.63) is 0 Å². The van der Waals surface area contributed by atoms with E-state index in [-0.39, 0.29) is 12.1 Å². The molecule has 1 aliphatic heterocycles. The number of hydrogen-bond acceptors (Lipinski definition) is 3. The molecule has 0 amide bonds. The van der Waals surface area contributed by atoms with Crippen LogP contribution in [-0.4, -0.2) is 24.7 Å². The maximum Gasteiger partial charge on any atom is 0.307 e. The van der Waals surface area contributed by atoms with E-state index >= 15 is 0 Å². The Morgan fingerprint density at radius 2 is 2.00 bits per heavy atom. The Morgan fingerprint density at radius 1 is 1.21 bits per heavy atom. The third-order valence-electron chi connectivity index (χ3n) is 3.18. The summed E-state index contributed by atoms with van der Waals surface area (Å²) in [7, 11) is 0. The molecule has 0 aromatic rings. The molecule has 1 aliphatic carbocycles. The minimum absolute atomic E-state index is 0.00343. The van der Waals surface area contributed by atoms with Gasteiger partial charge in [0.1, 0.15) is 6.10 Å². The van der Waals surface area contributed by atoms with Gasteiger partial charge in [-0.1, -0.05) is 0 Å². The molecule has 0 spiro atoms. The Hall–Kier alpha value is -0.570. The summed E-state index contributed by atoms with van der Waals surface area (Å²) in [6.45, 7) is 1.06. The first-order chi connectivity index (χ1) is 6.84. The van der Waals surface area contributed by atoms with E-state index in [1.54, 1.807) is 0 Å². The molecule has 2 fully saturated rings. The summed E-state index contributed by atoms with van der Waals surface area (Å²) in [5.41, 5.74) is 0. The molecule has 2 aliphatic rings. The molecular formula is C11H19NO2. The van der Waals surface area contributed by atoms with Crippen LogP contribution in [0.1, 0.15) is 44.9 Å². The van der Waals surface area contributed by atoms with E-state index in [0.717, 1.165) is 25.8 Å². The van der Waals surface area contributed by atoms with Crippen molar-refractivity contribution < 1.29 is 9.53 Å². The summed E-state index contributed by atoms with van der Waals surface area (Å²) in [5, 5.41) is 3.31. The molecule has 80 valence electrons. The van der Waals surface area contributed by atoms with Gasteiger partial charge in [-0.15, -0.1) is 0 Å². The molecule has 3 heteroatoms. The maximum atomic E-state index is 11.5. The molecule has 0 aromatic heterocycles. The van der Waals surface area contributed by atoms with Crippen LogP contribution in [0.5, 0.6) is 0 Å². The zero-order chi connectivity index (χ0) is 9.80. The zero-order valence-corrected chi connectivity index (χ0v) is 8.63. The summed E-state index contributed by atoms with van der Waals surface area (Å²) < 4.78 is 5.39. The smallest absolute Gasteiger partial charge is 0.307 e. The van der Waals surface area contributed by atoms with Crippen LogP contribution in [0.3, 0.4) is 0 Å². The topological polar surface area (TPSA) is 38.3 Å². The molecule has 2 rings (SSSR count). The van der Waals surface area contributed by atoms with Crippen molar-refractivity contribution in [3.63, 3.8) is 0 Å². The Balaban J connectivity index is 1.66. The first-order valence-corrected chi connectivity index (χ1v) is 5.77. The molecule has 1 saturated carbocycles. The molecule has 3 nitrogen and oxygen atoms in total. The Kier molecular flexibility index (Phi) is 3.40. The van der Waals surface area contributed by atoms with Crippen LogP contribution in [0.4, 0.5) is 0 Å². The predicted molar refractivity (Wildman–Crippen MR) is 54.0 cm³/mol. The highest BCUT2D eigenvalue weighted by atomic mass is 16.5. The number of rotatable bonds is 3. The Bertz CT molecular complexity index is 173. The average Bonchev–Trinajstić information content (AvgIpc) is 2.76. The van der Waals surface area contributed by atoms with Gasteiger partial charge in [-0.05, 0) is 45.1 Å². The number of ether oxygens (including phenoxy) is 1. The highest BCUT2D eigenvalue weighted by Gasteiger charge is 2.22. The van der Waals surface area contributed by atoms with Crippen molar-refractivity contribution in [2.75, 3.05) is 6.54 Å². The lowest BCUT2D eigenvalue weighted by Gasteiger charge is -2.13. The number of hydrogen-bond donors (Lipinski definition) is 1. The first-order valence-electron chi connectivity index (χ1n) is 5.77. The van der Waals surface area contributed by atoms with Crippen molar-refractivity contribution in [2.24, 2.45) is 0 Å². The van der Waals surface area contributed by atoms with Gasteiger partial charge < -0.3 is 10.1 Å². The van der Waals surface area contributed by atoms with Crippen LogP contribution < -0.4 is 5.32 Å². The second-order valence-corrected chi connectivity index (χ2v) is 4.39. The fraction of sp³-hybridized carbons (Fsp3) is 0.909. The molecular weight excluding hydrogens is 178 g/mol. The van der Waals surface area contributed by atoms with Crippen LogP contribution in [0, 0.1) is 0 Å². The molecule has 0 bridgehead atoms. The molecule has 1 heterocycles. The summed E-state index contributed by atoms with van der Waals surface area (Å²) in [6, 6.07) is 0.379. The lowest BCUT2D eigenvalue weighted by Crippen LogP contribution is -2.27. The van der Waals surface area contributed by atoms with Gasteiger partial charge in [-0.25, -0.2) is 0 Å². The van der Waals surface area contributed by atoms with Gasteiger partial charge in [-0.2, -0.15) is 0 Å². The Morgan fingerprint density at radius 3 is 2.64 bits per heavy atom. The van der Waals surface area contributed by atoms with Crippen LogP contribution in [0.2, 0.25) is 0 Å². The largest absolute Gasteiger partial charge is 0.462 e. The standard InChI is InChI=1S/C11H19NO2/c13-11(8-9-4-3-7-12-9)14-10-5-1-2-6-10/h9-10,12H,1-8H2. The van der Waals surface area contributed by atoms with Gasteiger partial charge in [0.15, 0.2) is 0 Å². The summed E-state index contributed by atoms with van der Waals surface area (Å²) in [5.74, 6) is -0.00343. The lowest BCUT2D eigenvalue weighted by atomic mass is 10.1. The number of carbonyl (C=O) groups is 1. The fourth-order valence-electron chi connectivity index (χ4n) is 2.37. The molecule has 14 heavy (non-hydrogen) atoms. The van der Waals surface area contributed by atoms with Gasteiger partial charge in [0.2, 0.25) is 0 Å². The van der Waals surface area contributed by atoms with E-state index in [1.807, 2.05) is 0 Å². The minimum atomic E-state index is -0.00343. The summed E-state index contributed by atoms with van der Waals surface area (Å²) in [6.07, 6.45) is 7.70. The third-order valence-corrected chi connectivity index (χ3v) is 3.18. The molecule has 1 N–H and O–H groups in total. The van der Waals surface area contributed by atoms with E-state index < -0.39 is 0 Å². The van der Waals surface area contributed by atoms with Gasteiger partial charge in [-0.3, -0.25) is 4.79 Å². The number of nitrogens with one attached hydrogen (secondary N) is 1. The molecule has 0 aromatic carbocycles. The van der Waals surface area contributed by atoms with Crippen molar-refractivity contribution in [3.8, 4) is 0 Å². The van der Waals surface area contributed by atoms with Gasteiger partial charge >= 0.3 is 5.97 Å². The first kappa shape index (κ1) is 9.97. The second kappa shape index (κ2) is 4.78. The van der Waals surface area contributed by atoms with Crippen molar-refractivity contribution in [2.45, 2.75) is 57.1 Å². The summed E-state index contributed by atoms with van der Waals surface area (Å²) >= 11 is 0. The van der Waals surface area contributed by atoms with Crippen molar-refractivity contribution in [1.29, 1.82) is 0 Å². The van der Waals surface area contributed by atoms with E-state index in [9.17, 15) is 4.79 Å². The minimum Gasteiger partial charge on any atom is -0.462 e. The quantitative estimate of drug-likeness (QED) is 0.699. The average molecular weight is 197 g/mol. The molecule has 1 atom stereocenters. The van der Waals surface area contributed by atoms with Crippen LogP contribution in [-0.2, 0) is 9.53 Å². The molecule has 0 radical (unpaired) electrons. The van der Waals surface area contributed by atoms with Gasteiger partial charge in [0.05, 0.1) is 6.42 Å². The van der Waals surface area contributed by atoms with Crippen LogP contribution in [0.15, 0.2) is 0 Å². The number of esters is 1. The third kappa shape index (κ3) is 2.71. The summed E-state index contributed by atoms with van der Waals surface area (Å²) in [4.78, 5) is 11.5.